The van der Waals surface area contributed by atoms with E-state index in [1.165, 1.54) is 17.7 Å². The van der Waals surface area contributed by atoms with Crippen molar-refractivity contribution in [1.82, 2.24) is 4.90 Å². The molecule has 1 aliphatic carbocycles. The number of hydrogen-bond donors (Lipinski definition) is 1. The molecule has 1 aromatic carbocycles. The van der Waals surface area contributed by atoms with Crippen LogP contribution in [0.2, 0.25) is 0 Å². The second kappa shape index (κ2) is 10.3. The number of fused-ring (bicyclic) bond motifs is 1. The van der Waals surface area contributed by atoms with Gasteiger partial charge >= 0.3 is 0 Å². The summed E-state index contributed by atoms with van der Waals surface area (Å²) in [5.41, 5.74) is 1.84. The van der Waals surface area contributed by atoms with Gasteiger partial charge in [-0.2, -0.15) is 5.26 Å². The molecule has 0 aliphatic heterocycles. The summed E-state index contributed by atoms with van der Waals surface area (Å²) in [4.78, 5) is 15.7. The third kappa shape index (κ3) is 5.57. The predicted molar refractivity (Wildman–Crippen MR) is 113 cm³/mol. The first-order valence-corrected chi connectivity index (χ1v) is 10.7. The Labute approximate surface area is 170 Å². The molecule has 0 radical (unpaired) electrons. The van der Waals surface area contributed by atoms with E-state index in [2.05, 4.69) is 16.3 Å². The number of thiophene rings is 1. The standard InChI is InChI=1S/C22H27N3O2S/c1-25(14-15-27-17-8-4-2-5-9-17)13-12-21(26)24-22-19(16-23)18-10-6-3-7-11-20(18)28-22/h2,4-5,8-9H,3,6-7,10-15H2,1H3,(H,24,26). The van der Waals surface area contributed by atoms with Crippen LogP contribution in [0.25, 0.3) is 0 Å². The number of nitrogens with zero attached hydrogens (tertiary/aromatic N) is 2. The number of rotatable bonds is 8. The highest BCUT2D eigenvalue weighted by molar-refractivity contribution is 7.16. The lowest BCUT2D eigenvalue weighted by Gasteiger charge is -2.16. The number of para-hydroxylation sites is 1. The highest BCUT2D eigenvalue weighted by Crippen LogP contribution is 2.37. The first-order valence-electron chi connectivity index (χ1n) is 9.88. The topological polar surface area (TPSA) is 65.4 Å². The molecule has 3 rings (SSSR count). The second-order valence-electron chi connectivity index (χ2n) is 7.14. The summed E-state index contributed by atoms with van der Waals surface area (Å²) in [5, 5.41) is 13.3. The van der Waals surface area contributed by atoms with Gasteiger partial charge in [-0.3, -0.25) is 4.79 Å². The lowest BCUT2D eigenvalue weighted by atomic mass is 10.1. The van der Waals surface area contributed by atoms with Crippen LogP contribution in [0.3, 0.4) is 0 Å². The van der Waals surface area contributed by atoms with Crippen molar-refractivity contribution in [2.24, 2.45) is 0 Å². The molecule has 0 atom stereocenters. The number of amides is 1. The number of anilines is 1. The zero-order valence-electron chi connectivity index (χ0n) is 16.4. The number of likely N-dealkylation sites (N-methyl/N-ethyl adjacent to an activating group) is 1. The smallest absolute Gasteiger partial charge is 0.226 e. The molecule has 0 saturated carbocycles. The summed E-state index contributed by atoms with van der Waals surface area (Å²) in [6, 6.07) is 12.0. The molecule has 0 saturated heterocycles. The minimum Gasteiger partial charge on any atom is -0.492 e. The molecule has 148 valence electrons. The Bertz CT molecular complexity index is 826. The largest absolute Gasteiger partial charge is 0.492 e. The predicted octanol–water partition coefficient (Wildman–Crippen LogP) is 4.23. The summed E-state index contributed by atoms with van der Waals surface area (Å²) in [6.45, 7) is 1.98. The maximum atomic E-state index is 12.4. The van der Waals surface area contributed by atoms with Crippen LogP contribution in [0.4, 0.5) is 5.00 Å². The average molecular weight is 398 g/mol. The first kappa shape index (κ1) is 20.4. The van der Waals surface area contributed by atoms with E-state index >= 15 is 0 Å². The van der Waals surface area contributed by atoms with E-state index in [1.807, 2.05) is 37.4 Å². The van der Waals surface area contributed by atoms with Gasteiger partial charge in [0.15, 0.2) is 0 Å². The summed E-state index contributed by atoms with van der Waals surface area (Å²) in [6.07, 6.45) is 5.89. The summed E-state index contributed by atoms with van der Waals surface area (Å²) < 4.78 is 5.69. The Kier molecular flexibility index (Phi) is 7.46. The molecule has 0 fully saturated rings. The number of carbonyl (C=O) groups excluding carboxylic acids is 1. The zero-order chi connectivity index (χ0) is 19.8. The van der Waals surface area contributed by atoms with Crippen molar-refractivity contribution in [3.8, 4) is 11.8 Å². The zero-order valence-corrected chi connectivity index (χ0v) is 17.2. The van der Waals surface area contributed by atoms with Crippen molar-refractivity contribution in [2.45, 2.75) is 38.5 Å². The van der Waals surface area contributed by atoms with Gasteiger partial charge in [-0.15, -0.1) is 11.3 Å². The summed E-state index contributed by atoms with van der Waals surface area (Å²) in [7, 11) is 1.98. The van der Waals surface area contributed by atoms with E-state index in [9.17, 15) is 10.1 Å². The van der Waals surface area contributed by atoms with Crippen LogP contribution in [-0.2, 0) is 17.6 Å². The highest BCUT2D eigenvalue weighted by Gasteiger charge is 2.20. The van der Waals surface area contributed by atoms with Crippen molar-refractivity contribution < 1.29 is 9.53 Å². The quantitative estimate of drug-likeness (QED) is 0.677. The molecule has 0 unspecified atom stereocenters. The highest BCUT2D eigenvalue weighted by atomic mass is 32.1. The fraction of sp³-hybridized carbons (Fsp3) is 0.455. The van der Waals surface area contributed by atoms with E-state index in [-0.39, 0.29) is 5.91 Å². The van der Waals surface area contributed by atoms with Crippen molar-refractivity contribution >= 4 is 22.2 Å². The van der Waals surface area contributed by atoms with Crippen molar-refractivity contribution in [2.75, 3.05) is 32.1 Å². The van der Waals surface area contributed by atoms with Crippen molar-refractivity contribution in [1.29, 1.82) is 5.26 Å². The third-order valence-corrected chi connectivity index (χ3v) is 6.20. The van der Waals surface area contributed by atoms with Gasteiger partial charge in [-0.05, 0) is 50.4 Å². The molecule has 28 heavy (non-hydrogen) atoms. The first-order chi connectivity index (χ1) is 13.7. The molecule has 1 N–H and O–H groups in total. The number of benzene rings is 1. The fourth-order valence-electron chi connectivity index (χ4n) is 3.38. The lowest BCUT2D eigenvalue weighted by molar-refractivity contribution is -0.116. The third-order valence-electron chi connectivity index (χ3n) is 4.99. The number of aryl methyl sites for hydroxylation is 1. The number of hydrogen-bond acceptors (Lipinski definition) is 5. The molecule has 1 amide bonds. The minimum atomic E-state index is -0.0382. The molecule has 5 nitrogen and oxygen atoms in total. The molecular formula is C22H27N3O2S. The van der Waals surface area contributed by atoms with Gasteiger partial charge in [0.2, 0.25) is 5.91 Å². The van der Waals surface area contributed by atoms with Crippen LogP contribution in [0, 0.1) is 11.3 Å². The van der Waals surface area contributed by atoms with E-state index in [0.29, 0.717) is 25.1 Å². The Morgan fingerprint density at radius 1 is 1.21 bits per heavy atom. The Morgan fingerprint density at radius 3 is 2.79 bits per heavy atom. The van der Waals surface area contributed by atoms with Crippen molar-refractivity contribution in [3.05, 3.63) is 46.3 Å². The van der Waals surface area contributed by atoms with Gasteiger partial charge in [-0.1, -0.05) is 24.6 Å². The van der Waals surface area contributed by atoms with E-state index in [0.717, 1.165) is 42.1 Å². The van der Waals surface area contributed by atoms with Crippen molar-refractivity contribution in [3.63, 3.8) is 0 Å². The van der Waals surface area contributed by atoms with E-state index < -0.39 is 0 Å². The summed E-state index contributed by atoms with van der Waals surface area (Å²) >= 11 is 1.59. The molecule has 6 heteroatoms. The second-order valence-corrected chi connectivity index (χ2v) is 8.25. The Balaban J connectivity index is 1.45. The van der Waals surface area contributed by atoms with Gasteiger partial charge in [-0.25, -0.2) is 0 Å². The molecule has 0 spiro atoms. The maximum Gasteiger partial charge on any atom is 0.226 e. The number of nitriles is 1. The van der Waals surface area contributed by atoms with Gasteiger partial charge in [0.1, 0.15) is 23.4 Å². The minimum absolute atomic E-state index is 0.0382. The molecule has 1 aromatic heterocycles. The van der Waals surface area contributed by atoms with Gasteiger partial charge in [0.25, 0.3) is 0 Å². The van der Waals surface area contributed by atoms with E-state index in [4.69, 9.17) is 4.74 Å². The normalized spacial score (nSPS) is 13.5. The monoisotopic (exact) mass is 397 g/mol. The van der Waals surface area contributed by atoms with Crippen LogP contribution in [0.5, 0.6) is 5.75 Å². The molecule has 1 heterocycles. The molecular weight excluding hydrogens is 370 g/mol. The van der Waals surface area contributed by atoms with Gasteiger partial charge < -0.3 is 15.0 Å². The van der Waals surface area contributed by atoms with Crippen LogP contribution < -0.4 is 10.1 Å². The number of carbonyl (C=O) groups is 1. The number of ether oxygens (including phenoxy) is 1. The van der Waals surface area contributed by atoms with Crippen LogP contribution >= 0.6 is 11.3 Å². The van der Waals surface area contributed by atoms with Gasteiger partial charge in [0.05, 0.1) is 5.56 Å². The van der Waals surface area contributed by atoms with Crippen LogP contribution in [0.1, 0.15) is 41.7 Å². The molecule has 2 aromatic rings. The summed E-state index contributed by atoms with van der Waals surface area (Å²) in [5.74, 6) is 0.818. The Hall–Kier alpha value is -2.36. The van der Waals surface area contributed by atoms with E-state index in [1.54, 1.807) is 11.3 Å². The SMILES string of the molecule is CN(CCOc1ccccc1)CCC(=O)Nc1sc2c(c1C#N)CCCCC2. The lowest BCUT2D eigenvalue weighted by Crippen LogP contribution is -2.28. The average Bonchev–Trinajstić information content (AvgIpc) is 2.86. The van der Waals surface area contributed by atoms with Crippen LogP contribution in [-0.4, -0.2) is 37.6 Å². The fourth-order valence-corrected chi connectivity index (χ4v) is 4.63. The van der Waals surface area contributed by atoms with Gasteiger partial charge in [0, 0.05) is 24.4 Å². The van der Waals surface area contributed by atoms with Crippen LogP contribution in [0.15, 0.2) is 30.3 Å². The maximum absolute atomic E-state index is 12.4. The Morgan fingerprint density at radius 2 is 2.00 bits per heavy atom. The molecule has 0 bridgehead atoms. The molecule has 1 aliphatic rings. The number of nitrogens with one attached hydrogen (secondary N) is 1.